The highest BCUT2D eigenvalue weighted by atomic mass is 32.1. The van der Waals surface area contributed by atoms with E-state index in [0.29, 0.717) is 6.54 Å². The van der Waals surface area contributed by atoms with Crippen molar-refractivity contribution in [2.75, 3.05) is 0 Å². The Morgan fingerprint density at radius 1 is 1.12 bits per heavy atom. The minimum atomic E-state index is -0.386. The van der Waals surface area contributed by atoms with Gasteiger partial charge in [0.15, 0.2) is 0 Å². The summed E-state index contributed by atoms with van der Waals surface area (Å²) in [6.45, 7) is 1.54. The van der Waals surface area contributed by atoms with Crippen LogP contribution in [0.5, 0.6) is 0 Å². The highest BCUT2D eigenvalue weighted by molar-refractivity contribution is 7.07. The molecule has 0 saturated carbocycles. The van der Waals surface area contributed by atoms with E-state index in [0.717, 1.165) is 12.1 Å². The second-order valence-corrected chi connectivity index (χ2v) is 4.44. The lowest BCUT2D eigenvalue weighted by molar-refractivity contribution is -0.384. The van der Waals surface area contributed by atoms with Gasteiger partial charge in [0.05, 0.1) is 4.92 Å². The summed E-state index contributed by atoms with van der Waals surface area (Å²) < 4.78 is 0. The topological polar surface area (TPSA) is 55.2 Å². The molecule has 2 rings (SSSR count). The van der Waals surface area contributed by atoms with Gasteiger partial charge in [-0.05, 0) is 28.0 Å². The van der Waals surface area contributed by atoms with E-state index >= 15 is 0 Å². The molecule has 1 heterocycles. The number of hydrogen-bond acceptors (Lipinski definition) is 4. The van der Waals surface area contributed by atoms with Gasteiger partial charge in [-0.15, -0.1) is 0 Å². The van der Waals surface area contributed by atoms with Crippen molar-refractivity contribution in [2.24, 2.45) is 0 Å². The number of hydrogen-bond donors (Lipinski definition) is 1. The Bertz CT molecular complexity index is 480. The summed E-state index contributed by atoms with van der Waals surface area (Å²) >= 11 is 1.68. The summed E-state index contributed by atoms with van der Waals surface area (Å²) in [7, 11) is 0. The van der Waals surface area contributed by atoms with Gasteiger partial charge in [-0.1, -0.05) is 12.1 Å². The van der Waals surface area contributed by atoms with Gasteiger partial charge < -0.3 is 5.32 Å². The van der Waals surface area contributed by atoms with Gasteiger partial charge in [0.25, 0.3) is 5.69 Å². The first-order valence-corrected chi connectivity index (χ1v) is 6.15. The van der Waals surface area contributed by atoms with Crippen LogP contribution in [0.25, 0.3) is 0 Å². The summed E-state index contributed by atoms with van der Waals surface area (Å²) in [4.78, 5) is 10.1. The average molecular weight is 248 g/mol. The molecule has 0 atom stereocenters. The van der Waals surface area contributed by atoms with Crippen LogP contribution in [-0.2, 0) is 13.1 Å². The number of benzene rings is 1. The molecule has 4 nitrogen and oxygen atoms in total. The third kappa shape index (κ3) is 3.37. The van der Waals surface area contributed by atoms with Crippen molar-refractivity contribution in [1.82, 2.24) is 5.32 Å². The van der Waals surface area contributed by atoms with Crippen molar-refractivity contribution in [1.29, 1.82) is 0 Å². The molecular formula is C12H12N2O2S. The Hall–Kier alpha value is -1.72. The zero-order chi connectivity index (χ0) is 12.1. The molecule has 0 unspecified atom stereocenters. The molecule has 1 aromatic heterocycles. The van der Waals surface area contributed by atoms with Crippen molar-refractivity contribution in [3.05, 3.63) is 62.3 Å². The van der Waals surface area contributed by atoms with Crippen LogP contribution in [0.4, 0.5) is 5.69 Å². The number of nitrogens with zero attached hydrogens (tertiary/aromatic N) is 1. The maximum atomic E-state index is 10.5. The van der Waals surface area contributed by atoms with E-state index in [4.69, 9.17) is 0 Å². The summed E-state index contributed by atoms with van der Waals surface area (Å²) in [5, 5.41) is 17.9. The van der Waals surface area contributed by atoms with Crippen molar-refractivity contribution in [3.8, 4) is 0 Å². The fourth-order valence-electron chi connectivity index (χ4n) is 1.48. The van der Waals surface area contributed by atoms with E-state index in [1.54, 1.807) is 23.5 Å². The standard InChI is InChI=1S/C12H12N2O2S/c15-14(16)12-3-1-10(2-4-12)7-13-8-11-5-6-17-9-11/h1-6,9,13H,7-8H2. The summed E-state index contributed by atoms with van der Waals surface area (Å²) in [6.07, 6.45) is 0. The fourth-order valence-corrected chi connectivity index (χ4v) is 2.15. The van der Waals surface area contributed by atoms with Gasteiger partial charge in [0.2, 0.25) is 0 Å². The highest BCUT2D eigenvalue weighted by Gasteiger charge is 2.03. The number of non-ortho nitro benzene ring substituents is 1. The smallest absolute Gasteiger partial charge is 0.269 e. The number of rotatable bonds is 5. The van der Waals surface area contributed by atoms with Gasteiger partial charge in [0.1, 0.15) is 0 Å². The third-order valence-electron chi connectivity index (χ3n) is 2.39. The van der Waals surface area contributed by atoms with Crippen LogP contribution in [0.3, 0.4) is 0 Å². The first kappa shape index (κ1) is 11.8. The zero-order valence-corrected chi connectivity index (χ0v) is 9.94. The quantitative estimate of drug-likeness (QED) is 0.653. The van der Waals surface area contributed by atoms with Gasteiger partial charge >= 0.3 is 0 Å². The van der Waals surface area contributed by atoms with Crippen LogP contribution in [0.2, 0.25) is 0 Å². The van der Waals surface area contributed by atoms with E-state index in [9.17, 15) is 10.1 Å². The Morgan fingerprint density at radius 3 is 2.41 bits per heavy atom. The molecule has 0 fully saturated rings. The van der Waals surface area contributed by atoms with Gasteiger partial charge in [-0.3, -0.25) is 10.1 Å². The van der Waals surface area contributed by atoms with Crippen LogP contribution < -0.4 is 5.32 Å². The summed E-state index contributed by atoms with van der Waals surface area (Å²) in [5.41, 5.74) is 2.44. The van der Waals surface area contributed by atoms with Gasteiger partial charge in [-0.2, -0.15) is 11.3 Å². The van der Waals surface area contributed by atoms with Crippen molar-refractivity contribution < 1.29 is 4.92 Å². The van der Waals surface area contributed by atoms with Crippen LogP contribution in [0.1, 0.15) is 11.1 Å². The number of thiophene rings is 1. The molecule has 88 valence electrons. The normalized spacial score (nSPS) is 10.4. The summed E-state index contributed by atoms with van der Waals surface area (Å²) in [5.74, 6) is 0. The predicted octanol–water partition coefficient (Wildman–Crippen LogP) is 2.95. The van der Waals surface area contributed by atoms with Crippen LogP contribution in [0.15, 0.2) is 41.1 Å². The van der Waals surface area contributed by atoms with Gasteiger partial charge in [0, 0.05) is 25.2 Å². The maximum Gasteiger partial charge on any atom is 0.269 e. The zero-order valence-electron chi connectivity index (χ0n) is 9.13. The maximum absolute atomic E-state index is 10.5. The van der Waals surface area contributed by atoms with E-state index < -0.39 is 0 Å². The number of nitrogens with one attached hydrogen (secondary N) is 1. The first-order valence-electron chi connectivity index (χ1n) is 5.21. The molecule has 1 N–H and O–H groups in total. The first-order chi connectivity index (χ1) is 8.25. The molecule has 0 aliphatic heterocycles. The lowest BCUT2D eigenvalue weighted by atomic mass is 10.2. The van der Waals surface area contributed by atoms with E-state index in [-0.39, 0.29) is 10.6 Å². The lowest BCUT2D eigenvalue weighted by Crippen LogP contribution is -2.11. The SMILES string of the molecule is O=[N+]([O-])c1ccc(CNCc2ccsc2)cc1. The third-order valence-corrected chi connectivity index (χ3v) is 3.12. The van der Waals surface area contributed by atoms with Crippen molar-refractivity contribution in [3.63, 3.8) is 0 Å². The van der Waals surface area contributed by atoms with E-state index in [2.05, 4.69) is 16.8 Å². The van der Waals surface area contributed by atoms with E-state index in [1.165, 1.54) is 17.7 Å². The molecule has 17 heavy (non-hydrogen) atoms. The molecule has 0 aliphatic carbocycles. The Labute approximate surface area is 103 Å². The second-order valence-electron chi connectivity index (χ2n) is 3.66. The average Bonchev–Trinajstić information content (AvgIpc) is 2.83. The molecule has 0 amide bonds. The monoisotopic (exact) mass is 248 g/mol. The number of nitro groups is 1. The predicted molar refractivity (Wildman–Crippen MR) is 68.0 cm³/mol. The second kappa shape index (κ2) is 5.56. The molecule has 5 heteroatoms. The van der Waals surface area contributed by atoms with E-state index in [1.807, 2.05) is 5.38 Å². The largest absolute Gasteiger partial charge is 0.309 e. The van der Waals surface area contributed by atoms with Crippen LogP contribution in [-0.4, -0.2) is 4.92 Å². The van der Waals surface area contributed by atoms with Crippen LogP contribution in [0, 0.1) is 10.1 Å². The van der Waals surface area contributed by atoms with Crippen LogP contribution >= 0.6 is 11.3 Å². The van der Waals surface area contributed by atoms with Gasteiger partial charge in [-0.25, -0.2) is 0 Å². The lowest BCUT2D eigenvalue weighted by Gasteiger charge is -2.03. The highest BCUT2D eigenvalue weighted by Crippen LogP contribution is 2.12. The summed E-state index contributed by atoms with van der Waals surface area (Å²) in [6, 6.07) is 8.69. The van der Waals surface area contributed by atoms with Crippen molar-refractivity contribution >= 4 is 17.0 Å². The molecular weight excluding hydrogens is 236 g/mol. The minimum Gasteiger partial charge on any atom is -0.309 e. The molecule has 0 radical (unpaired) electrons. The number of nitro benzene ring substituents is 1. The Morgan fingerprint density at radius 2 is 1.82 bits per heavy atom. The molecule has 0 bridgehead atoms. The molecule has 0 saturated heterocycles. The molecule has 2 aromatic rings. The minimum absolute atomic E-state index is 0.131. The van der Waals surface area contributed by atoms with Crippen molar-refractivity contribution in [2.45, 2.75) is 13.1 Å². The fraction of sp³-hybridized carbons (Fsp3) is 0.167. The Kier molecular flexibility index (Phi) is 3.85. The Balaban J connectivity index is 1.85. The molecule has 0 aliphatic rings. The molecule has 1 aromatic carbocycles. The molecule has 0 spiro atoms.